The van der Waals surface area contributed by atoms with Gasteiger partial charge in [-0.25, -0.2) is 0 Å². The van der Waals surface area contributed by atoms with E-state index >= 15 is 0 Å². The summed E-state index contributed by atoms with van der Waals surface area (Å²) in [6.45, 7) is 6.87. The summed E-state index contributed by atoms with van der Waals surface area (Å²) in [5.74, 6) is 0.276. The lowest BCUT2D eigenvalue weighted by atomic mass is 9.96. The number of amides is 1. The van der Waals surface area contributed by atoms with Crippen molar-refractivity contribution >= 4 is 21.8 Å². The minimum atomic E-state index is 0.0798. The second-order valence-electron chi connectivity index (χ2n) is 9.43. The van der Waals surface area contributed by atoms with E-state index in [-0.39, 0.29) is 11.8 Å². The van der Waals surface area contributed by atoms with Gasteiger partial charge in [-0.05, 0) is 74.1 Å². The number of hydrogen-bond donors (Lipinski definition) is 1. The van der Waals surface area contributed by atoms with Gasteiger partial charge in [-0.1, -0.05) is 65.2 Å². The molecule has 1 amide bonds. The molecule has 2 heterocycles. The molecule has 172 valence electrons. The van der Waals surface area contributed by atoms with Gasteiger partial charge >= 0.3 is 0 Å². The molecule has 2 fully saturated rings. The van der Waals surface area contributed by atoms with Crippen molar-refractivity contribution in [2.45, 2.75) is 58.2 Å². The van der Waals surface area contributed by atoms with Crippen LogP contribution < -0.4 is 5.32 Å². The van der Waals surface area contributed by atoms with E-state index in [9.17, 15) is 4.79 Å². The van der Waals surface area contributed by atoms with Crippen LogP contribution in [0.3, 0.4) is 0 Å². The number of benzene rings is 2. The van der Waals surface area contributed by atoms with E-state index in [0.29, 0.717) is 6.54 Å². The van der Waals surface area contributed by atoms with E-state index in [1.54, 1.807) is 0 Å². The Labute approximate surface area is 201 Å². The van der Waals surface area contributed by atoms with Crippen molar-refractivity contribution in [3.8, 4) is 0 Å². The Bertz CT molecular complexity index is 879. The fourth-order valence-corrected chi connectivity index (χ4v) is 5.48. The number of halogens is 1. The van der Waals surface area contributed by atoms with E-state index in [4.69, 9.17) is 0 Å². The summed E-state index contributed by atoms with van der Waals surface area (Å²) in [5.41, 5.74) is 3.85. The normalized spacial score (nSPS) is 20.6. The van der Waals surface area contributed by atoms with Crippen molar-refractivity contribution in [3.63, 3.8) is 0 Å². The second kappa shape index (κ2) is 12.0. The molecule has 4 nitrogen and oxygen atoms in total. The average molecular weight is 499 g/mol. The lowest BCUT2D eigenvalue weighted by molar-refractivity contribution is -0.126. The van der Waals surface area contributed by atoms with Gasteiger partial charge in [-0.15, -0.1) is 0 Å². The number of hydrogen-bond acceptors (Lipinski definition) is 3. The molecule has 4 rings (SSSR count). The number of piperidine rings is 1. The molecular formula is C27H36BrN3O. The summed E-state index contributed by atoms with van der Waals surface area (Å²) < 4.78 is 1.11. The maximum atomic E-state index is 12.9. The summed E-state index contributed by atoms with van der Waals surface area (Å²) in [5, 5.41) is 3.22. The Kier molecular flexibility index (Phi) is 8.77. The van der Waals surface area contributed by atoms with Crippen molar-refractivity contribution in [2.24, 2.45) is 5.92 Å². The third-order valence-corrected chi connectivity index (χ3v) is 7.23. The molecule has 0 saturated carbocycles. The molecule has 1 atom stereocenters. The number of likely N-dealkylation sites (tertiary alicyclic amines) is 2. The first-order chi connectivity index (χ1) is 15.7. The maximum absolute atomic E-state index is 12.9. The first kappa shape index (κ1) is 23.5. The Morgan fingerprint density at radius 3 is 2.28 bits per heavy atom. The van der Waals surface area contributed by atoms with Crippen molar-refractivity contribution < 1.29 is 4.79 Å². The number of carbonyl (C=O) groups is 1. The minimum Gasteiger partial charge on any atom is -0.352 e. The lowest BCUT2D eigenvalue weighted by Crippen LogP contribution is -2.42. The van der Waals surface area contributed by atoms with Crippen molar-refractivity contribution in [2.75, 3.05) is 26.2 Å². The highest BCUT2D eigenvalue weighted by Crippen LogP contribution is 2.21. The fourth-order valence-electron chi connectivity index (χ4n) is 5.03. The monoisotopic (exact) mass is 497 g/mol. The van der Waals surface area contributed by atoms with Gasteiger partial charge in [0.05, 0.1) is 5.92 Å². The summed E-state index contributed by atoms with van der Waals surface area (Å²) >= 11 is 3.56. The fraction of sp³-hybridized carbons (Fsp3) is 0.519. The van der Waals surface area contributed by atoms with Crippen LogP contribution in [0.5, 0.6) is 0 Å². The zero-order valence-corrected chi connectivity index (χ0v) is 20.7. The van der Waals surface area contributed by atoms with Gasteiger partial charge in [0.25, 0.3) is 0 Å². The van der Waals surface area contributed by atoms with Gasteiger partial charge in [-0.3, -0.25) is 14.6 Å². The Hall–Kier alpha value is -1.69. The standard InChI is InChI=1S/C27H36BrN3O/c28-26-12-6-10-24(17-26)20-31-15-7-11-25(21-31)27(32)29-18-22-8-5-9-23(16-22)19-30-13-3-1-2-4-14-30/h5-6,8-10,12,16-17,25H,1-4,7,11,13-15,18-21H2,(H,29,32). The molecule has 2 aromatic rings. The highest BCUT2D eigenvalue weighted by Gasteiger charge is 2.25. The van der Waals surface area contributed by atoms with Crippen LogP contribution in [-0.4, -0.2) is 41.9 Å². The molecule has 0 bridgehead atoms. The van der Waals surface area contributed by atoms with Crippen LogP contribution in [-0.2, 0) is 24.4 Å². The van der Waals surface area contributed by atoms with E-state index in [1.165, 1.54) is 55.5 Å². The van der Waals surface area contributed by atoms with Crippen LogP contribution in [0.4, 0.5) is 0 Å². The first-order valence-corrected chi connectivity index (χ1v) is 13.0. The molecule has 2 aliphatic rings. The van der Waals surface area contributed by atoms with Crippen LogP contribution in [0, 0.1) is 5.92 Å². The molecule has 2 saturated heterocycles. The van der Waals surface area contributed by atoms with Crippen molar-refractivity contribution in [1.29, 1.82) is 0 Å². The van der Waals surface area contributed by atoms with Crippen LogP contribution >= 0.6 is 15.9 Å². The number of carbonyl (C=O) groups excluding carboxylic acids is 1. The van der Waals surface area contributed by atoms with Gasteiger partial charge in [0.2, 0.25) is 5.91 Å². The van der Waals surface area contributed by atoms with E-state index in [1.807, 2.05) is 0 Å². The third-order valence-electron chi connectivity index (χ3n) is 6.73. The zero-order valence-electron chi connectivity index (χ0n) is 19.1. The average Bonchev–Trinajstić information content (AvgIpc) is 3.07. The van der Waals surface area contributed by atoms with Gasteiger partial charge < -0.3 is 5.32 Å². The smallest absolute Gasteiger partial charge is 0.224 e. The summed E-state index contributed by atoms with van der Waals surface area (Å²) in [6.07, 6.45) is 7.42. The SMILES string of the molecule is O=C(NCc1cccc(CN2CCCCCC2)c1)C1CCCN(Cc2cccc(Br)c2)C1. The topological polar surface area (TPSA) is 35.6 Å². The predicted octanol–water partition coefficient (Wildman–Crippen LogP) is 5.35. The minimum absolute atomic E-state index is 0.0798. The van der Waals surface area contributed by atoms with Crippen LogP contribution in [0.1, 0.15) is 55.2 Å². The molecule has 2 aromatic carbocycles. The molecule has 32 heavy (non-hydrogen) atoms. The quantitative estimate of drug-likeness (QED) is 0.559. The van der Waals surface area contributed by atoms with Crippen molar-refractivity contribution in [1.82, 2.24) is 15.1 Å². The maximum Gasteiger partial charge on any atom is 0.224 e. The summed E-state index contributed by atoms with van der Waals surface area (Å²) in [6, 6.07) is 17.2. The first-order valence-electron chi connectivity index (χ1n) is 12.2. The summed E-state index contributed by atoms with van der Waals surface area (Å²) in [4.78, 5) is 17.9. The molecule has 5 heteroatoms. The third kappa shape index (κ3) is 7.16. The van der Waals surface area contributed by atoms with E-state index in [2.05, 4.69) is 79.6 Å². The van der Waals surface area contributed by atoms with E-state index in [0.717, 1.165) is 43.5 Å². The van der Waals surface area contributed by atoms with E-state index < -0.39 is 0 Å². The predicted molar refractivity (Wildman–Crippen MR) is 134 cm³/mol. The number of rotatable bonds is 7. The van der Waals surface area contributed by atoms with Crippen LogP contribution in [0.25, 0.3) is 0 Å². The van der Waals surface area contributed by atoms with Gasteiger partial charge in [-0.2, -0.15) is 0 Å². The highest BCUT2D eigenvalue weighted by atomic mass is 79.9. The largest absolute Gasteiger partial charge is 0.352 e. The molecule has 0 spiro atoms. The molecule has 0 aliphatic carbocycles. The lowest BCUT2D eigenvalue weighted by Gasteiger charge is -2.32. The zero-order chi connectivity index (χ0) is 22.2. The molecular weight excluding hydrogens is 462 g/mol. The second-order valence-corrected chi connectivity index (χ2v) is 10.3. The Morgan fingerprint density at radius 2 is 1.50 bits per heavy atom. The molecule has 2 aliphatic heterocycles. The molecule has 0 aromatic heterocycles. The van der Waals surface area contributed by atoms with Gasteiger partial charge in [0.15, 0.2) is 0 Å². The van der Waals surface area contributed by atoms with Crippen LogP contribution in [0.15, 0.2) is 53.0 Å². The Morgan fingerprint density at radius 1 is 0.844 bits per heavy atom. The summed E-state index contributed by atoms with van der Waals surface area (Å²) in [7, 11) is 0. The van der Waals surface area contributed by atoms with Gasteiger partial charge in [0, 0.05) is 30.7 Å². The molecule has 0 radical (unpaired) electrons. The van der Waals surface area contributed by atoms with Crippen molar-refractivity contribution in [3.05, 3.63) is 69.7 Å². The van der Waals surface area contributed by atoms with Gasteiger partial charge in [0.1, 0.15) is 0 Å². The Balaban J connectivity index is 1.26. The van der Waals surface area contributed by atoms with Crippen LogP contribution in [0.2, 0.25) is 0 Å². The molecule has 1 unspecified atom stereocenters. The number of nitrogens with one attached hydrogen (secondary N) is 1. The molecule has 1 N–H and O–H groups in total. The highest BCUT2D eigenvalue weighted by molar-refractivity contribution is 9.10. The number of nitrogens with zero attached hydrogens (tertiary/aromatic N) is 2.